The van der Waals surface area contributed by atoms with Crippen LogP contribution in [-0.4, -0.2) is 25.1 Å². The Morgan fingerprint density at radius 1 is 0.933 bits per heavy atom. The number of para-hydroxylation sites is 1. The van der Waals surface area contributed by atoms with Crippen molar-refractivity contribution in [3.63, 3.8) is 0 Å². The molecule has 30 heavy (non-hydrogen) atoms. The van der Waals surface area contributed by atoms with E-state index in [0.717, 1.165) is 38.0 Å². The number of thiazole rings is 1. The summed E-state index contributed by atoms with van der Waals surface area (Å²) in [5, 5.41) is 3.83. The molecule has 0 radical (unpaired) electrons. The largest absolute Gasteiger partial charge is 0.497 e. The Bertz CT molecular complexity index is 1100. The van der Waals surface area contributed by atoms with Gasteiger partial charge in [-0.05, 0) is 60.5 Å². The van der Waals surface area contributed by atoms with Crippen molar-refractivity contribution in [3.8, 4) is 11.5 Å². The average molecular weight is 419 g/mol. The summed E-state index contributed by atoms with van der Waals surface area (Å²) in [7, 11) is 3.26. The summed E-state index contributed by atoms with van der Waals surface area (Å²) in [6.07, 6.45) is 0.547. The molecule has 1 amide bonds. The first-order valence-electron chi connectivity index (χ1n) is 9.59. The highest BCUT2D eigenvalue weighted by molar-refractivity contribution is 7.18. The molecule has 0 spiro atoms. The quantitative estimate of drug-likeness (QED) is 0.444. The first kappa shape index (κ1) is 19.9. The zero-order chi connectivity index (χ0) is 20.9. The molecule has 1 heterocycles. The van der Waals surface area contributed by atoms with Crippen molar-refractivity contribution in [2.45, 2.75) is 12.3 Å². The van der Waals surface area contributed by atoms with Gasteiger partial charge in [-0.25, -0.2) is 4.98 Å². The molecule has 0 aliphatic rings. The highest BCUT2D eigenvalue weighted by atomic mass is 32.1. The maximum absolute atomic E-state index is 13.3. The minimum absolute atomic E-state index is 0.0879. The molecule has 0 saturated heterocycles. The molecule has 3 aromatic carbocycles. The van der Waals surface area contributed by atoms with E-state index >= 15 is 0 Å². The van der Waals surface area contributed by atoms with E-state index < -0.39 is 5.92 Å². The summed E-state index contributed by atoms with van der Waals surface area (Å²) in [6.45, 7) is 0. The third-order valence-corrected chi connectivity index (χ3v) is 6.03. The Morgan fingerprint density at radius 3 is 2.20 bits per heavy atom. The number of methoxy groups -OCH3 is 2. The van der Waals surface area contributed by atoms with Gasteiger partial charge in [0.25, 0.3) is 0 Å². The lowest BCUT2D eigenvalue weighted by molar-refractivity contribution is -0.117. The molecule has 1 N–H and O–H groups in total. The van der Waals surface area contributed by atoms with E-state index in [2.05, 4.69) is 5.32 Å². The highest BCUT2D eigenvalue weighted by Gasteiger charge is 2.25. The van der Waals surface area contributed by atoms with Gasteiger partial charge in [0.05, 0.1) is 30.4 Å². The van der Waals surface area contributed by atoms with Crippen LogP contribution in [0, 0.1) is 0 Å². The van der Waals surface area contributed by atoms with Crippen molar-refractivity contribution in [2.75, 3.05) is 19.5 Å². The molecular formula is C24H22N2O3S. The summed E-state index contributed by atoms with van der Waals surface area (Å²) in [5.74, 6) is 1.04. The number of fused-ring (bicyclic) bond motifs is 1. The number of carbonyl (C=O) groups is 1. The molecule has 5 nitrogen and oxygen atoms in total. The van der Waals surface area contributed by atoms with Crippen molar-refractivity contribution in [1.82, 2.24) is 4.98 Å². The van der Waals surface area contributed by atoms with Crippen molar-refractivity contribution < 1.29 is 14.3 Å². The SMILES string of the molecule is COc1ccc(C[C@H](C(=O)Nc2ccc(OC)cc2)c2nc3ccccc3s2)cc1. The summed E-state index contributed by atoms with van der Waals surface area (Å²) >= 11 is 1.56. The van der Waals surface area contributed by atoms with Gasteiger partial charge in [-0.2, -0.15) is 0 Å². The highest BCUT2D eigenvalue weighted by Crippen LogP contribution is 2.31. The van der Waals surface area contributed by atoms with E-state index in [1.54, 1.807) is 25.6 Å². The Kier molecular flexibility index (Phi) is 5.95. The standard InChI is InChI=1S/C24H22N2O3S/c1-28-18-11-7-16(8-12-18)15-20(24-26-21-5-3-4-6-22(21)30-24)23(27)25-17-9-13-19(29-2)14-10-17/h3-14,20H,15H2,1-2H3,(H,25,27)/t20-/m1/s1. The Labute approximate surface area is 179 Å². The van der Waals surface area contributed by atoms with E-state index in [0.29, 0.717) is 6.42 Å². The van der Waals surface area contributed by atoms with Gasteiger partial charge in [0, 0.05) is 5.69 Å². The Balaban J connectivity index is 1.63. The van der Waals surface area contributed by atoms with Gasteiger partial charge in [0.2, 0.25) is 5.91 Å². The lowest BCUT2D eigenvalue weighted by atomic mass is 9.98. The third kappa shape index (κ3) is 4.44. The molecule has 4 rings (SSSR count). The van der Waals surface area contributed by atoms with E-state index in [4.69, 9.17) is 14.5 Å². The second-order valence-electron chi connectivity index (χ2n) is 6.84. The summed E-state index contributed by atoms with van der Waals surface area (Å²) in [5.41, 5.74) is 2.68. The molecule has 1 aromatic heterocycles. The van der Waals surface area contributed by atoms with Gasteiger partial charge in [0.15, 0.2) is 0 Å². The molecule has 0 bridgehead atoms. The molecule has 0 aliphatic heterocycles. The Morgan fingerprint density at radius 2 is 1.57 bits per heavy atom. The maximum atomic E-state index is 13.3. The van der Waals surface area contributed by atoms with Crippen LogP contribution < -0.4 is 14.8 Å². The lowest BCUT2D eigenvalue weighted by Crippen LogP contribution is -2.23. The number of nitrogens with one attached hydrogen (secondary N) is 1. The van der Waals surface area contributed by atoms with Crippen LogP contribution in [0.4, 0.5) is 5.69 Å². The zero-order valence-corrected chi connectivity index (χ0v) is 17.6. The van der Waals surface area contributed by atoms with Gasteiger partial charge < -0.3 is 14.8 Å². The van der Waals surface area contributed by atoms with Crippen LogP contribution in [0.25, 0.3) is 10.2 Å². The van der Waals surface area contributed by atoms with Crippen LogP contribution in [-0.2, 0) is 11.2 Å². The number of nitrogens with zero attached hydrogens (tertiary/aromatic N) is 1. The monoisotopic (exact) mass is 418 g/mol. The van der Waals surface area contributed by atoms with Gasteiger partial charge >= 0.3 is 0 Å². The van der Waals surface area contributed by atoms with Crippen molar-refractivity contribution >= 4 is 33.1 Å². The molecule has 4 aromatic rings. The van der Waals surface area contributed by atoms with Crippen molar-refractivity contribution in [3.05, 3.63) is 83.4 Å². The number of anilines is 1. The van der Waals surface area contributed by atoms with Crippen molar-refractivity contribution in [2.24, 2.45) is 0 Å². The number of ether oxygens (including phenoxy) is 2. The number of amides is 1. The average Bonchev–Trinajstić information content (AvgIpc) is 3.22. The lowest BCUT2D eigenvalue weighted by Gasteiger charge is -2.15. The topological polar surface area (TPSA) is 60.5 Å². The predicted octanol–water partition coefficient (Wildman–Crippen LogP) is 5.28. The molecule has 0 saturated carbocycles. The molecule has 0 unspecified atom stereocenters. The van der Waals surface area contributed by atoms with Crippen LogP contribution in [0.2, 0.25) is 0 Å². The molecule has 152 valence electrons. The van der Waals surface area contributed by atoms with Crippen LogP contribution in [0.5, 0.6) is 11.5 Å². The predicted molar refractivity (Wildman–Crippen MR) is 121 cm³/mol. The van der Waals surface area contributed by atoms with E-state index in [-0.39, 0.29) is 5.91 Å². The fourth-order valence-electron chi connectivity index (χ4n) is 3.23. The van der Waals surface area contributed by atoms with E-state index in [9.17, 15) is 4.79 Å². The fraction of sp³-hybridized carbons (Fsp3) is 0.167. The summed E-state index contributed by atoms with van der Waals surface area (Å²) in [4.78, 5) is 18.0. The fourth-order valence-corrected chi connectivity index (χ4v) is 4.30. The summed E-state index contributed by atoms with van der Waals surface area (Å²) in [6, 6.07) is 23.1. The number of hydrogen-bond donors (Lipinski definition) is 1. The normalized spacial score (nSPS) is 11.8. The molecular weight excluding hydrogens is 396 g/mol. The smallest absolute Gasteiger partial charge is 0.234 e. The second kappa shape index (κ2) is 8.97. The van der Waals surface area contributed by atoms with Crippen LogP contribution in [0.1, 0.15) is 16.5 Å². The molecule has 1 atom stereocenters. The number of aromatic nitrogens is 1. The van der Waals surface area contributed by atoms with Gasteiger partial charge in [-0.3, -0.25) is 4.79 Å². The van der Waals surface area contributed by atoms with Gasteiger partial charge in [0.1, 0.15) is 16.5 Å². The van der Waals surface area contributed by atoms with Crippen LogP contribution >= 0.6 is 11.3 Å². The third-order valence-electron chi connectivity index (χ3n) is 4.88. The minimum atomic E-state index is -0.405. The zero-order valence-electron chi connectivity index (χ0n) is 16.8. The van der Waals surface area contributed by atoms with E-state index in [1.807, 2.05) is 72.8 Å². The second-order valence-corrected chi connectivity index (χ2v) is 7.90. The number of rotatable bonds is 7. The first-order chi connectivity index (χ1) is 14.7. The summed E-state index contributed by atoms with van der Waals surface area (Å²) < 4.78 is 11.5. The van der Waals surface area contributed by atoms with Gasteiger partial charge in [-0.15, -0.1) is 11.3 Å². The van der Waals surface area contributed by atoms with Crippen molar-refractivity contribution in [1.29, 1.82) is 0 Å². The Hall–Kier alpha value is -3.38. The number of hydrogen-bond acceptors (Lipinski definition) is 5. The molecule has 0 aliphatic carbocycles. The minimum Gasteiger partial charge on any atom is -0.497 e. The maximum Gasteiger partial charge on any atom is 0.234 e. The number of benzene rings is 3. The van der Waals surface area contributed by atoms with Gasteiger partial charge in [-0.1, -0.05) is 24.3 Å². The molecule has 0 fully saturated rings. The first-order valence-corrected chi connectivity index (χ1v) is 10.4. The molecule has 6 heteroatoms. The van der Waals surface area contributed by atoms with Crippen LogP contribution in [0.15, 0.2) is 72.8 Å². The number of carbonyl (C=O) groups excluding carboxylic acids is 1. The van der Waals surface area contributed by atoms with Crippen LogP contribution in [0.3, 0.4) is 0 Å². The van der Waals surface area contributed by atoms with E-state index in [1.165, 1.54) is 0 Å².